The number of hydrogen-bond donors (Lipinski definition) is 0. The average Bonchev–Trinajstić information content (AvgIpc) is 2.60. The molecule has 1 saturated carbocycles. The van der Waals surface area contributed by atoms with Gasteiger partial charge in [0.05, 0.1) is 6.07 Å². The summed E-state index contributed by atoms with van der Waals surface area (Å²) in [7, 11) is 0. The monoisotopic (exact) mass is 245 g/mol. The Bertz CT molecular complexity index is 475. The first kappa shape index (κ1) is 11.1. The second-order valence-corrected chi connectivity index (χ2v) is 4.83. The third kappa shape index (κ3) is 1.61. The van der Waals surface area contributed by atoms with Crippen LogP contribution in [0, 0.1) is 11.3 Å². The molecule has 0 bridgehead atoms. The standard InChI is InChI=1S/C10H6F3NOS/c11-10(12,13)8-2-1-7(16-8)9(5-14)3-6(15)4-9/h1-2H,3-4H2. The minimum Gasteiger partial charge on any atom is -0.300 e. The molecule has 0 aromatic carbocycles. The minimum atomic E-state index is -4.38. The van der Waals surface area contributed by atoms with Crippen LogP contribution in [-0.2, 0) is 16.4 Å². The van der Waals surface area contributed by atoms with Crippen molar-refractivity contribution in [2.45, 2.75) is 24.4 Å². The normalized spacial score (nSPS) is 19.0. The molecule has 0 unspecified atom stereocenters. The summed E-state index contributed by atoms with van der Waals surface area (Å²) in [5.41, 5.74) is -1.01. The van der Waals surface area contributed by atoms with Crippen LogP contribution in [0.4, 0.5) is 13.2 Å². The first-order valence-corrected chi connectivity index (χ1v) is 5.29. The van der Waals surface area contributed by atoms with Crippen LogP contribution in [0.3, 0.4) is 0 Å². The molecule has 0 atom stereocenters. The molecule has 84 valence electrons. The Morgan fingerprint density at radius 2 is 2.00 bits per heavy atom. The lowest BCUT2D eigenvalue weighted by molar-refractivity contribution is -0.134. The second kappa shape index (κ2) is 3.32. The number of alkyl halides is 3. The molecule has 16 heavy (non-hydrogen) atoms. The van der Waals surface area contributed by atoms with Gasteiger partial charge in [0.2, 0.25) is 0 Å². The zero-order valence-corrected chi connectivity index (χ0v) is 8.78. The average molecular weight is 245 g/mol. The predicted octanol–water partition coefficient (Wildman–Crippen LogP) is 2.89. The van der Waals surface area contributed by atoms with Crippen LogP contribution in [0.15, 0.2) is 12.1 Å². The van der Waals surface area contributed by atoms with Crippen molar-refractivity contribution in [3.05, 3.63) is 21.9 Å². The summed E-state index contributed by atoms with van der Waals surface area (Å²) in [5, 5.41) is 8.94. The zero-order chi connectivity index (χ0) is 12.0. The van der Waals surface area contributed by atoms with E-state index in [0.717, 1.165) is 6.07 Å². The number of hydrogen-bond acceptors (Lipinski definition) is 3. The van der Waals surface area contributed by atoms with Crippen molar-refractivity contribution in [1.82, 2.24) is 0 Å². The highest BCUT2D eigenvalue weighted by Crippen LogP contribution is 2.46. The lowest BCUT2D eigenvalue weighted by atomic mass is 9.68. The molecule has 2 nitrogen and oxygen atoms in total. The summed E-state index contributed by atoms with van der Waals surface area (Å²) in [6.07, 6.45) is -4.32. The van der Waals surface area contributed by atoms with Crippen LogP contribution >= 0.6 is 11.3 Å². The van der Waals surface area contributed by atoms with Gasteiger partial charge in [-0.15, -0.1) is 11.3 Å². The summed E-state index contributed by atoms with van der Waals surface area (Å²) in [6.45, 7) is 0. The third-order valence-electron chi connectivity index (χ3n) is 2.57. The largest absolute Gasteiger partial charge is 0.425 e. The van der Waals surface area contributed by atoms with Gasteiger partial charge in [-0.05, 0) is 12.1 Å². The lowest BCUT2D eigenvalue weighted by Gasteiger charge is -2.32. The molecule has 2 rings (SSSR count). The summed E-state index contributed by atoms with van der Waals surface area (Å²) in [5.74, 6) is -0.0801. The number of nitrogens with zero attached hydrogens (tertiary/aromatic N) is 1. The van der Waals surface area contributed by atoms with E-state index in [9.17, 15) is 18.0 Å². The molecule has 0 saturated heterocycles. The first-order chi connectivity index (χ1) is 7.37. The van der Waals surface area contributed by atoms with E-state index in [4.69, 9.17) is 5.26 Å². The van der Waals surface area contributed by atoms with Crippen molar-refractivity contribution in [1.29, 1.82) is 5.26 Å². The Labute approximate surface area is 93.3 Å². The van der Waals surface area contributed by atoms with Gasteiger partial charge in [-0.2, -0.15) is 18.4 Å². The van der Waals surface area contributed by atoms with Crippen LogP contribution in [-0.4, -0.2) is 5.78 Å². The first-order valence-electron chi connectivity index (χ1n) is 4.48. The van der Waals surface area contributed by atoms with Crippen LogP contribution in [0.2, 0.25) is 0 Å². The molecular weight excluding hydrogens is 239 g/mol. The topological polar surface area (TPSA) is 40.9 Å². The number of nitriles is 1. The molecule has 0 spiro atoms. The Hall–Kier alpha value is -1.35. The van der Waals surface area contributed by atoms with Gasteiger partial charge in [-0.25, -0.2) is 0 Å². The van der Waals surface area contributed by atoms with E-state index < -0.39 is 16.5 Å². The Morgan fingerprint density at radius 3 is 2.38 bits per heavy atom. The van der Waals surface area contributed by atoms with Gasteiger partial charge in [0.25, 0.3) is 0 Å². The van der Waals surface area contributed by atoms with E-state index in [2.05, 4.69) is 0 Å². The third-order valence-corrected chi connectivity index (χ3v) is 3.90. The van der Waals surface area contributed by atoms with E-state index in [-0.39, 0.29) is 18.6 Å². The smallest absolute Gasteiger partial charge is 0.300 e. The van der Waals surface area contributed by atoms with Crippen molar-refractivity contribution in [2.24, 2.45) is 0 Å². The SMILES string of the molecule is N#CC1(c2ccc(C(F)(F)F)s2)CC(=O)C1. The van der Waals surface area contributed by atoms with Gasteiger partial charge < -0.3 is 0 Å². The molecule has 1 heterocycles. The molecule has 0 aliphatic heterocycles. The molecule has 0 radical (unpaired) electrons. The maximum atomic E-state index is 12.4. The highest BCUT2D eigenvalue weighted by molar-refractivity contribution is 7.12. The minimum absolute atomic E-state index is 0.0291. The number of ketones is 1. The van der Waals surface area contributed by atoms with E-state index in [1.165, 1.54) is 6.07 Å². The van der Waals surface area contributed by atoms with Gasteiger partial charge in [0.15, 0.2) is 0 Å². The quantitative estimate of drug-likeness (QED) is 0.763. The van der Waals surface area contributed by atoms with Crippen LogP contribution in [0.5, 0.6) is 0 Å². The Kier molecular flexibility index (Phi) is 2.31. The molecule has 0 amide bonds. The molecular formula is C10H6F3NOS. The maximum Gasteiger partial charge on any atom is 0.425 e. The lowest BCUT2D eigenvalue weighted by Crippen LogP contribution is -2.39. The molecule has 1 fully saturated rings. The Morgan fingerprint density at radius 1 is 1.38 bits per heavy atom. The van der Waals surface area contributed by atoms with Gasteiger partial charge >= 0.3 is 6.18 Å². The van der Waals surface area contributed by atoms with Crippen LogP contribution < -0.4 is 0 Å². The fourth-order valence-electron chi connectivity index (χ4n) is 1.68. The fourth-order valence-corrected chi connectivity index (χ4v) is 2.69. The molecule has 0 N–H and O–H groups in total. The number of carbonyl (C=O) groups is 1. The summed E-state index contributed by atoms with van der Waals surface area (Å²) in [4.78, 5) is 10.5. The molecule has 1 aliphatic carbocycles. The number of thiophene rings is 1. The predicted molar refractivity (Wildman–Crippen MR) is 50.9 cm³/mol. The van der Waals surface area contributed by atoms with Gasteiger partial charge in [0.1, 0.15) is 16.1 Å². The molecule has 1 aromatic rings. The summed E-state index contributed by atoms with van der Waals surface area (Å²) >= 11 is 0.549. The van der Waals surface area contributed by atoms with Crippen molar-refractivity contribution in [3.63, 3.8) is 0 Å². The highest BCUT2D eigenvalue weighted by Gasteiger charge is 2.47. The zero-order valence-electron chi connectivity index (χ0n) is 7.97. The van der Waals surface area contributed by atoms with Gasteiger partial charge in [0, 0.05) is 17.7 Å². The molecule has 1 aliphatic rings. The number of carbonyl (C=O) groups excluding carboxylic acids is 1. The van der Waals surface area contributed by atoms with Crippen LogP contribution in [0.25, 0.3) is 0 Å². The van der Waals surface area contributed by atoms with Gasteiger partial charge in [-0.3, -0.25) is 4.79 Å². The van der Waals surface area contributed by atoms with Crippen molar-refractivity contribution >= 4 is 17.1 Å². The van der Waals surface area contributed by atoms with Crippen LogP contribution in [0.1, 0.15) is 22.6 Å². The van der Waals surface area contributed by atoms with Crippen molar-refractivity contribution < 1.29 is 18.0 Å². The van der Waals surface area contributed by atoms with Gasteiger partial charge in [-0.1, -0.05) is 0 Å². The number of halogens is 3. The molecule has 6 heteroatoms. The number of Topliss-reactive ketones (excluding diaryl/α,β-unsaturated/α-hetero) is 1. The van der Waals surface area contributed by atoms with E-state index in [1.807, 2.05) is 6.07 Å². The van der Waals surface area contributed by atoms with E-state index in [0.29, 0.717) is 16.2 Å². The molecule has 1 aromatic heterocycles. The van der Waals surface area contributed by atoms with E-state index >= 15 is 0 Å². The Balaban J connectivity index is 2.33. The highest BCUT2D eigenvalue weighted by atomic mass is 32.1. The fraction of sp³-hybridized carbons (Fsp3) is 0.400. The number of rotatable bonds is 1. The van der Waals surface area contributed by atoms with E-state index in [1.54, 1.807) is 0 Å². The van der Waals surface area contributed by atoms with Crippen molar-refractivity contribution in [3.8, 4) is 6.07 Å². The maximum absolute atomic E-state index is 12.4. The summed E-state index contributed by atoms with van der Waals surface area (Å²) < 4.78 is 37.1. The summed E-state index contributed by atoms with van der Waals surface area (Å²) in [6, 6.07) is 4.20. The second-order valence-electron chi connectivity index (χ2n) is 3.75. The van der Waals surface area contributed by atoms with Crippen molar-refractivity contribution in [2.75, 3.05) is 0 Å².